The topological polar surface area (TPSA) is 41.1 Å². The third-order valence-corrected chi connectivity index (χ3v) is 5.46. The molecule has 114 valence electrons. The van der Waals surface area contributed by atoms with Crippen LogP contribution in [0.15, 0.2) is 24.3 Å². The van der Waals surface area contributed by atoms with Gasteiger partial charge in [0.2, 0.25) is 0 Å². The zero-order chi connectivity index (χ0) is 14.7. The number of anilines is 1. The van der Waals surface area contributed by atoms with Gasteiger partial charge in [-0.25, -0.2) is 0 Å². The van der Waals surface area contributed by atoms with Gasteiger partial charge >= 0.3 is 0 Å². The SMILES string of the molecule is CNC(=O)c1ccc(NC2CCC3(CCCC3)CC2)cc1. The van der Waals surface area contributed by atoms with Crippen molar-refractivity contribution in [3.05, 3.63) is 29.8 Å². The van der Waals surface area contributed by atoms with E-state index in [4.69, 9.17) is 0 Å². The first-order chi connectivity index (χ1) is 10.2. The molecule has 0 bridgehead atoms. The molecule has 21 heavy (non-hydrogen) atoms. The van der Waals surface area contributed by atoms with Crippen molar-refractivity contribution >= 4 is 11.6 Å². The first kappa shape index (κ1) is 14.4. The summed E-state index contributed by atoms with van der Waals surface area (Å²) in [6, 6.07) is 8.42. The molecule has 0 atom stereocenters. The van der Waals surface area contributed by atoms with Crippen LogP contribution in [-0.4, -0.2) is 19.0 Å². The van der Waals surface area contributed by atoms with Crippen molar-refractivity contribution in [1.29, 1.82) is 0 Å². The maximum atomic E-state index is 11.5. The highest BCUT2D eigenvalue weighted by Crippen LogP contribution is 2.49. The Morgan fingerprint density at radius 1 is 1.05 bits per heavy atom. The zero-order valence-electron chi connectivity index (χ0n) is 13.0. The molecule has 1 amide bonds. The Morgan fingerprint density at radius 2 is 1.67 bits per heavy atom. The van der Waals surface area contributed by atoms with Crippen molar-refractivity contribution in [2.24, 2.45) is 5.41 Å². The van der Waals surface area contributed by atoms with Gasteiger partial charge in [0.15, 0.2) is 0 Å². The van der Waals surface area contributed by atoms with Crippen molar-refractivity contribution in [1.82, 2.24) is 5.32 Å². The minimum atomic E-state index is -0.0256. The number of amides is 1. The Balaban J connectivity index is 1.54. The van der Waals surface area contributed by atoms with E-state index in [0.717, 1.165) is 11.3 Å². The summed E-state index contributed by atoms with van der Waals surface area (Å²) in [5, 5.41) is 6.29. The smallest absolute Gasteiger partial charge is 0.251 e. The quantitative estimate of drug-likeness (QED) is 0.883. The molecule has 3 nitrogen and oxygen atoms in total. The lowest BCUT2D eigenvalue weighted by molar-refractivity contribution is 0.0963. The molecule has 2 aliphatic rings. The largest absolute Gasteiger partial charge is 0.382 e. The second-order valence-electron chi connectivity index (χ2n) is 6.78. The predicted octanol–water partition coefficient (Wildman–Crippen LogP) is 3.96. The van der Waals surface area contributed by atoms with Crippen molar-refractivity contribution < 1.29 is 4.79 Å². The van der Waals surface area contributed by atoms with Crippen LogP contribution in [0.5, 0.6) is 0 Å². The number of nitrogens with one attached hydrogen (secondary N) is 2. The summed E-state index contributed by atoms with van der Waals surface area (Å²) in [7, 11) is 1.66. The van der Waals surface area contributed by atoms with E-state index in [1.807, 2.05) is 24.3 Å². The molecule has 0 heterocycles. The van der Waals surface area contributed by atoms with E-state index in [2.05, 4.69) is 10.6 Å². The molecule has 1 spiro atoms. The minimum Gasteiger partial charge on any atom is -0.382 e. The average Bonchev–Trinajstić information content (AvgIpc) is 2.98. The summed E-state index contributed by atoms with van der Waals surface area (Å²) in [5.41, 5.74) is 2.55. The summed E-state index contributed by atoms with van der Waals surface area (Å²) in [6.07, 6.45) is 11.2. The Labute approximate surface area is 127 Å². The van der Waals surface area contributed by atoms with Gasteiger partial charge in [0.1, 0.15) is 0 Å². The number of carbonyl (C=O) groups is 1. The number of hydrogen-bond donors (Lipinski definition) is 2. The van der Waals surface area contributed by atoms with Gasteiger partial charge in [-0.2, -0.15) is 0 Å². The molecule has 0 saturated heterocycles. The van der Waals surface area contributed by atoms with Gasteiger partial charge in [-0.05, 0) is 68.2 Å². The van der Waals surface area contributed by atoms with Crippen LogP contribution in [0.25, 0.3) is 0 Å². The van der Waals surface area contributed by atoms with Gasteiger partial charge in [0.05, 0.1) is 0 Å². The van der Waals surface area contributed by atoms with Gasteiger partial charge in [0, 0.05) is 24.3 Å². The van der Waals surface area contributed by atoms with Crippen molar-refractivity contribution in [2.75, 3.05) is 12.4 Å². The highest BCUT2D eigenvalue weighted by Gasteiger charge is 2.37. The molecule has 0 aliphatic heterocycles. The molecule has 1 aromatic rings. The molecule has 2 N–H and O–H groups in total. The maximum absolute atomic E-state index is 11.5. The van der Waals surface area contributed by atoms with E-state index in [9.17, 15) is 4.79 Å². The second-order valence-corrected chi connectivity index (χ2v) is 6.78. The predicted molar refractivity (Wildman–Crippen MR) is 86.6 cm³/mol. The molecule has 3 rings (SSSR count). The van der Waals surface area contributed by atoms with E-state index in [0.29, 0.717) is 11.5 Å². The van der Waals surface area contributed by atoms with Crippen LogP contribution in [0.3, 0.4) is 0 Å². The van der Waals surface area contributed by atoms with Crippen molar-refractivity contribution in [3.63, 3.8) is 0 Å². The van der Waals surface area contributed by atoms with Gasteiger partial charge in [0.25, 0.3) is 5.91 Å². The Kier molecular flexibility index (Phi) is 4.18. The van der Waals surface area contributed by atoms with Gasteiger partial charge < -0.3 is 10.6 Å². The average molecular weight is 286 g/mol. The second kappa shape index (κ2) is 6.08. The third kappa shape index (κ3) is 3.22. The fourth-order valence-electron chi connectivity index (χ4n) is 4.10. The van der Waals surface area contributed by atoms with Crippen LogP contribution in [0.1, 0.15) is 61.7 Å². The molecule has 2 aliphatic carbocycles. The first-order valence-electron chi connectivity index (χ1n) is 8.29. The lowest BCUT2D eigenvalue weighted by Crippen LogP contribution is -2.31. The normalized spacial score (nSPS) is 21.4. The maximum Gasteiger partial charge on any atom is 0.251 e. The van der Waals surface area contributed by atoms with Crippen LogP contribution in [0.4, 0.5) is 5.69 Å². The molecule has 0 unspecified atom stereocenters. The zero-order valence-corrected chi connectivity index (χ0v) is 13.0. The number of carbonyl (C=O) groups excluding carboxylic acids is 1. The summed E-state index contributed by atoms with van der Waals surface area (Å²) >= 11 is 0. The summed E-state index contributed by atoms with van der Waals surface area (Å²) in [4.78, 5) is 11.5. The monoisotopic (exact) mass is 286 g/mol. The van der Waals surface area contributed by atoms with Crippen LogP contribution in [0, 0.1) is 5.41 Å². The van der Waals surface area contributed by atoms with Crippen LogP contribution < -0.4 is 10.6 Å². The van der Waals surface area contributed by atoms with Gasteiger partial charge in [-0.1, -0.05) is 12.8 Å². The van der Waals surface area contributed by atoms with Gasteiger partial charge in [-0.3, -0.25) is 4.79 Å². The molecule has 0 aromatic heterocycles. The minimum absolute atomic E-state index is 0.0256. The van der Waals surface area contributed by atoms with Crippen LogP contribution in [0.2, 0.25) is 0 Å². The Morgan fingerprint density at radius 3 is 2.24 bits per heavy atom. The van der Waals surface area contributed by atoms with E-state index in [-0.39, 0.29) is 5.91 Å². The number of hydrogen-bond acceptors (Lipinski definition) is 2. The Hall–Kier alpha value is -1.51. The molecule has 3 heteroatoms. The molecular weight excluding hydrogens is 260 g/mol. The summed E-state index contributed by atoms with van der Waals surface area (Å²) < 4.78 is 0. The fourth-order valence-corrected chi connectivity index (χ4v) is 4.10. The lowest BCUT2D eigenvalue weighted by atomic mass is 9.71. The number of benzene rings is 1. The van der Waals surface area contributed by atoms with Gasteiger partial charge in [-0.15, -0.1) is 0 Å². The van der Waals surface area contributed by atoms with Crippen molar-refractivity contribution in [2.45, 2.75) is 57.4 Å². The van der Waals surface area contributed by atoms with E-state index >= 15 is 0 Å². The Bertz CT molecular complexity index is 478. The highest BCUT2D eigenvalue weighted by atomic mass is 16.1. The highest BCUT2D eigenvalue weighted by molar-refractivity contribution is 5.94. The lowest BCUT2D eigenvalue weighted by Gasteiger charge is -2.37. The van der Waals surface area contributed by atoms with Crippen LogP contribution in [-0.2, 0) is 0 Å². The first-order valence-corrected chi connectivity index (χ1v) is 8.29. The number of rotatable bonds is 3. The fraction of sp³-hybridized carbons (Fsp3) is 0.611. The van der Waals surface area contributed by atoms with Crippen LogP contribution >= 0.6 is 0 Å². The van der Waals surface area contributed by atoms with E-state index < -0.39 is 0 Å². The molecule has 2 saturated carbocycles. The van der Waals surface area contributed by atoms with E-state index in [1.54, 1.807) is 7.05 Å². The summed E-state index contributed by atoms with van der Waals surface area (Å²) in [6.45, 7) is 0. The molecular formula is C18H26N2O. The van der Waals surface area contributed by atoms with Crippen molar-refractivity contribution in [3.8, 4) is 0 Å². The molecule has 2 fully saturated rings. The molecule has 0 radical (unpaired) electrons. The summed E-state index contributed by atoms with van der Waals surface area (Å²) in [5.74, 6) is -0.0256. The van der Waals surface area contributed by atoms with E-state index in [1.165, 1.54) is 51.4 Å². The standard InChI is InChI=1S/C18H26N2O/c1-19-17(21)14-4-6-15(7-5-14)20-16-8-12-18(13-9-16)10-2-3-11-18/h4-7,16,20H,2-3,8-13H2,1H3,(H,19,21). The third-order valence-electron chi connectivity index (χ3n) is 5.46. The molecule has 1 aromatic carbocycles.